The van der Waals surface area contributed by atoms with Crippen molar-refractivity contribution in [3.63, 3.8) is 0 Å². The molecule has 2 aromatic carbocycles. The number of amides is 4. The third kappa shape index (κ3) is 4.00. The number of aromatic hydroxyl groups is 1. The Balaban J connectivity index is 1.35. The Bertz CT molecular complexity index is 1780. The molecule has 2 aliphatic carbocycles. The average Bonchev–Trinajstić information content (AvgIpc) is 3.66. The van der Waals surface area contributed by atoms with E-state index in [1.54, 1.807) is 19.1 Å². The fourth-order valence-electron chi connectivity index (χ4n) is 7.93. The Morgan fingerprint density at radius 3 is 2.55 bits per heavy atom. The number of hydrogen-bond donors (Lipinski definition) is 1. The molecule has 3 fully saturated rings. The summed E-state index contributed by atoms with van der Waals surface area (Å²) in [5.74, 6) is -5.31. The number of carbonyl (C=O) groups is 4. The minimum absolute atomic E-state index is 0.130. The highest BCUT2D eigenvalue weighted by Gasteiger charge is 2.67. The van der Waals surface area contributed by atoms with Crippen LogP contribution >= 0.6 is 22.9 Å². The Labute approximate surface area is 261 Å². The lowest BCUT2D eigenvalue weighted by Gasteiger charge is -2.49. The van der Waals surface area contributed by atoms with Gasteiger partial charge >= 0.3 is 0 Å². The van der Waals surface area contributed by atoms with E-state index in [9.17, 15) is 28.7 Å². The van der Waals surface area contributed by atoms with Gasteiger partial charge in [0.25, 0.3) is 0 Å². The lowest BCUT2D eigenvalue weighted by molar-refractivity contribution is -0.141. The van der Waals surface area contributed by atoms with E-state index < -0.39 is 52.6 Å². The van der Waals surface area contributed by atoms with Crippen molar-refractivity contribution in [2.24, 2.45) is 29.1 Å². The fraction of sp³-hybridized carbons (Fsp3) is 0.333. The van der Waals surface area contributed by atoms with Crippen molar-refractivity contribution in [2.75, 3.05) is 12.0 Å². The number of phenols is 1. The monoisotopic (exact) mass is 634 g/mol. The second kappa shape index (κ2) is 10.3. The minimum atomic E-state index is -1.31. The molecule has 1 saturated carbocycles. The van der Waals surface area contributed by atoms with Crippen LogP contribution in [0.3, 0.4) is 0 Å². The molecule has 0 bridgehead atoms. The molecule has 4 aliphatic rings. The topological polar surface area (TPSA) is 104 Å². The molecule has 0 radical (unpaired) electrons. The Morgan fingerprint density at radius 2 is 1.86 bits per heavy atom. The number of allylic oxidation sites excluding steroid dienone is 2. The van der Waals surface area contributed by atoms with Crippen LogP contribution in [0.25, 0.3) is 0 Å². The molecule has 226 valence electrons. The van der Waals surface area contributed by atoms with Gasteiger partial charge in [0, 0.05) is 10.8 Å². The van der Waals surface area contributed by atoms with Crippen molar-refractivity contribution < 1.29 is 33.4 Å². The number of ether oxygens (including phenoxy) is 1. The third-order valence-electron chi connectivity index (χ3n) is 9.96. The first-order chi connectivity index (χ1) is 21.1. The molecule has 7 rings (SSSR count). The molecule has 1 aromatic heterocycles. The number of rotatable bonds is 5. The maximum Gasteiger partial charge on any atom is 0.241 e. The smallest absolute Gasteiger partial charge is 0.241 e. The summed E-state index contributed by atoms with van der Waals surface area (Å²) in [5, 5.41) is 12.4. The number of halogens is 2. The summed E-state index contributed by atoms with van der Waals surface area (Å²) in [6.45, 7) is 1.93. The van der Waals surface area contributed by atoms with Gasteiger partial charge in [-0.2, -0.15) is 0 Å². The number of imide groups is 2. The van der Waals surface area contributed by atoms with E-state index in [4.69, 9.17) is 16.3 Å². The number of phenolic OH excluding ortho intramolecular Hbond substituents is 1. The number of methoxy groups -OCH3 is 1. The first-order valence-electron chi connectivity index (χ1n) is 14.3. The van der Waals surface area contributed by atoms with Crippen LogP contribution in [0.15, 0.2) is 65.6 Å². The molecule has 3 heterocycles. The molecule has 0 unspecified atom stereocenters. The highest BCUT2D eigenvalue weighted by atomic mass is 35.5. The van der Waals surface area contributed by atoms with Crippen molar-refractivity contribution in [1.29, 1.82) is 0 Å². The maximum absolute atomic E-state index is 14.4. The lowest BCUT2D eigenvalue weighted by atomic mass is 9.51. The molecule has 4 amide bonds. The molecule has 0 spiro atoms. The van der Waals surface area contributed by atoms with Gasteiger partial charge in [-0.05, 0) is 73.0 Å². The second-order valence-electron chi connectivity index (χ2n) is 12.0. The van der Waals surface area contributed by atoms with E-state index in [-0.39, 0.29) is 47.0 Å². The summed E-state index contributed by atoms with van der Waals surface area (Å²) in [4.78, 5) is 59.5. The van der Waals surface area contributed by atoms with Gasteiger partial charge in [0.2, 0.25) is 23.6 Å². The molecule has 11 heteroatoms. The van der Waals surface area contributed by atoms with Crippen molar-refractivity contribution in [1.82, 2.24) is 4.90 Å². The maximum atomic E-state index is 14.4. The van der Waals surface area contributed by atoms with E-state index in [0.717, 1.165) is 21.4 Å². The van der Waals surface area contributed by atoms with E-state index in [2.05, 4.69) is 0 Å². The second-order valence-corrected chi connectivity index (χ2v) is 13.5. The summed E-state index contributed by atoms with van der Waals surface area (Å²) in [5.41, 5.74) is 0.227. The van der Waals surface area contributed by atoms with Gasteiger partial charge < -0.3 is 9.84 Å². The van der Waals surface area contributed by atoms with E-state index in [1.165, 1.54) is 41.5 Å². The number of anilines is 1. The van der Waals surface area contributed by atoms with Gasteiger partial charge in [-0.1, -0.05) is 35.4 Å². The minimum Gasteiger partial charge on any atom is -0.504 e. The van der Waals surface area contributed by atoms with Gasteiger partial charge in [-0.25, -0.2) is 9.29 Å². The van der Waals surface area contributed by atoms with Crippen LogP contribution in [-0.4, -0.2) is 40.7 Å². The van der Waals surface area contributed by atoms with Crippen LogP contribution < -0.4 is 9.64 Å². The summed E-state index contributed by atoms with van der Waals surface area (Å²) in [6, 6.07) is 12.3. The summed E-state index contributed by atoms with van der Waals surface area (Å²) < 4.78 is 19.3. The molecule has 2 saturated heterocycles. The van der Waals surface area contributed by atoms with Crippen LogP contribution in [0.2, 0.25) is 5.02 Å². The van der Waals surface area contributed by atoms with Crippen molar-refractivity contribution in [2.45, 2.75) is 32.2 Å². The molecule has 44 heavy (non-hydrogen) atoms. The van der Waals surface area contributed by atoms with Gasteiger partial charge in [0.05, 0.1) is 47.5 Å². The Kier molecular flexibility index (Phi) is 6.71. The van der Waals surface area contributed by atoms with E-state index >= 15 is 0 Å². The summed E-state index contributed by atoms with van der Waals surface area (Å²) in [6.07, 6.45) is 2.46. The summed E-state index contributed by atoms with van der Waals surface area (Å²) >= 11 is 7.52. The Hall–Kier alpha value is -4.02. The average molecular weight is 635 g/mol. The molecule has 1 N–H and O–H groups in total. The zero-order valence-corrected chi connectivity index (χ0v) is 25.4. The first-order valence-corrected chi connectivity index (χ1v) is 15.6. The number of likely N-dealkylation sites (tertiary alicyclic amines) is 1. The van der Waals surface area contributed by atoms with Crippen LogP contribution in [0, 0.1) is 34.9 Å². The quantitative estimate of drug-likeness (QED) is 0.286. The SMILES string of the molecule is COc1ccc([C@H]2C3=CC[C@@H]4C(=O)N(Cc5cccs5)C(=O)[C@@H]4[C@@H]3C[C@H]3C(=O)N(c4ccc(F)c(Cl)c4)C(=O)[C@@]23C)cc1O. The van der Waals surface area contributed by atoms with Crippen LogP contribution in [-0.2, 0) is 25.7 Å². The van der Waals surface area contributed by atoms with E-state index in [0.29, 0.717) is 12.0 Å². The first kappa shape index (κ1) is 28.7. The highest BCUT2D eigenvalue weighted by Crippen LogP contribution is 2.64. The van der Waals surface area contributed by atoms with Crippen LogP contribution in [0.5, 0.6) is 11.5 Å². The van der Waals surface area contributed by atoms with Crippen molar-refractivity contribution >= 4 is 52.3 Å². The highest BCUT2D eigenvalue weighted by molar-refractivity contribution is 7.09. The van der Waals surface area contributed by atoms with Crippen LogP contribution in [0.4, 0.5) is 10.1 Å². The van der Waals surface area contributed by atoms with E-state index in [1.807, 2.05) is 23.6 Å². The lowest BCUT2D eigenvalue weighted by Crippen LogP contribution is -2.48. The molecule has 2 aliphatic heterocycles. The number of carbonyl (C=O) groups excluding carboxylic acids is 4. The summed E-state index contributed by atoms with van der Waals surface area (Å²) in [7, 11) is 1.43. The number of hydrogen-bond acceptors (Lipinski definition) is 7. The number of thiophene rings is 1. The molecule has 6 atom stereocenters. The van der Waals surface area contributed by atoms with Gasteiger partial charge in [0.15, 0.2) is 11.5 Å². The standard InChI is InChI=1S/C33H28ClFN2O6S/c1-33-22(30(40)37(32(33)42)17-6-9-24(35)23(34)13-17)14-21-19(28(33)16-5-10-26(43-2)25(38)12-16)7-8-20-27(21)31(41)36(29(20)39)15-18-4-3-11-44-18/h3-7,9-13,20-22,27-28,38H,8,14-15H2,1-2H3/t20-,21+,22-,27-,28-,33+/m0/s1. The predicted octanol–water partition coefficient (Wildman–Crippen LogP) is 5.69. The fourth-order valence-corrected chi connectivity index (χ4v) is 8.80. The molecular weight excluding hydrogens is 607 g/mol. The van der Waals surface area contributed by atoms with Crippen molar-refractivity contribution in [3.05, 3.63) is 86.8 Å². The zero-order chi connectivity index (χ0) is 31.1. The largest absolute Gasteiger partial charge is 0.504 e. The normalized spacial score (nSPS) is 29.5. The van der Waals surface area contributed by atoms with Crippen molar-refractivity contribution in [3.8, 4) is 11.5 Å². The predicted molar refractivity (Wildman–Crippen MR) is 161 cm³/mol. The molecule has 3 aromatic rings. The number of benzene rings is 2. The number of nitrogens with zero attached hydrogens (tertiary/aromatic N) is 2. The van der Waals surface area contributed by atoms with Gasteiger partial charge in [-0.15, -0.1) is 11.3 Å². The van der Waals surface area contributed by atoms with Crippen LogP contribution in [0.1, 0.15) is 36.1 Å². The number of fused-ring (bicyclic) bond motifs is 4. The third-order valence-corrected chi connectivity index (χ3v) is 11.1. The molecular formula is C33H28ClFN2O6S. The zero-order valence-electron chi connectivity index (χ0n) is 23.8. The molecule has 8 nitrogen and oxygen atoms in total. The van der Waals surface area contributed by atoms with Gasteiger partial charge in [0.1, 0.15) is 5.82 Å². The Morgan fingerprint density at radius 1 is 1.07 bits per heavy atom. The van der Waals surface area contributed by atoms with Gasteiger partial charge in [-0.3, -0.25) is 24.1 Å².